The van der Waals surface area contributed by atoms with Gasteiger partial charge in [-0.1, -0.05) is 0 Å². The van der Waals surface area contributed by atoms with E-state index in [1.165, 1.54) is 6.07 Å². The molecule has 1 amide bonds. The van der Waals surface area contributed by atoms with E-state index in [4.69, 9.17) is 4.74 Å². The Morgan fingerprint density at radius 1 is 1.53 bits per heavy atom. The van der Waals surface area contributed by atoms with Crippen LogP contribution in [0.2, 0.25) is 0 Å². The first kappa shape index (κ1) is 13.3. The van der Waals surface area contributed by atoms with Crippen molar-refractivity contribution in [2.24, 2.45) is 0 Å². The number of hydrogen-bond acceptors (Lipinski definition) is 3. The predicted molar refractivity (Wildman–Crippen MR) is 54.8 cm³/mol. The van der Waals surface area contributed by atoms with Gasteiger partial charge in [-0.15, -0.1) is 0 Å². The van der Waals surface area contributed by atoms with Gasteiger partial charge in [0, 0.05) is 5.56 Å². The Bertz CT molecular complexity index is 419. The number of aromatic nitrogens is 1. The molecule has 17 heavy (non-hydrogen) atoms. The van der Waals surface area contributed by atoms with Crippen LogP contribution in [0.1, 0.15) is 12.5 Å². The number of carbonyl (C=O) groups excluding carboxylic acids is 1. The van der Waals surface area contributed by atoms with Crippen molar-refractivity contribution in [1.82, 2.24) is 4.98 Å². The molecular formula is C10H11F3N2O2. The van der Waals surface area contributed by atoms with E-state index >= 15 is 0 Å². The Balaban J connectivity index is 2.81. The highest BCUT2D eigenvalue weighted by Gasteiger charge is 2.38. The number of nitrogens with one attached hydrogen (secondary N) is 1. The van der Waals surface area contributed by atoms with Crippen molar-refractivity contribution in [2.45, 2.75) is 20.0 Å². The third kappa shape index (κ3) is 3.61. The Hall–Kier alpha value is -1.79. The van der Waals surface area contributed by atoms with Crippen LogP contribution in [-0.2, 0) is 4.79 Å². The SMILES string of the molecule is CCOc1ncc(NC(=O)C(F)(F)F)cc1C. The van der Waals surface area contributed by atoms with Crippen LogP contribution in [0.4, 0.5) is 18.9 Å². The summed E-state index contributed by atoms with van der Waals surface area (Å²) in [5.74, 6) is -1.69. The monoisotopic (exact) mass is 248 g/mol. The minimum atomic E-state index is -4.91. The summed E-state index contributed by atoms with van der Waals surface area (Å²) in [7, 11) is 0. The molecule has 0 atom stereocenters. The first-order chi connectivity index (χ1) is 7.84. The average molecular weight is 248 g/mol. The zero-order valence-electron chi connectivity index (χ0n) is 9.26. The molecule has 0 aliphatic heterocycles. The van der Waals surface area contributed by atoms with Gasteiger partial charge in [-0.3, -0.25) is 4.79 Å². The number of alkyl halides is 3. The number of pyridine rings is 1. The first-order valence-electron chi connectivity index (χ1n) is 4.82. The van der Waals surface area contributed by atoms with Crippen LogP contribution in [0.25, 0.3) is 0 Å². The van der Waals surface area contributed by atoms with E-state index < -0.39 is 12.1 Å². The second-order valence-electron chi connectivity index (χ2n) is 3.23. The average Bonchev–Trinajstić information content (AvgIpc) is 2.21. The van der Waals surface area contributed by atoms with Gasteiger partial charge < -0.3 is 10.1 Å². The van der Waals surface area contributed by atoms with Gasteiger partial charge in [0.25, 0.3) is 0 Å². The molecule has 0 aliphatic rings. The number of rotatable bonds is 3. The second-order valence-corrected chi connectivity index (χ2v) is 3.23. The van der Waals surface area contributed by atoms with Crippen LogP contribution in [0.5, 0.6) is 5.88 Å². The molecule has 0 fully saturated rings. The molecule has 0 saturated heterocycles. The summed E-state index contributed by atoms with van der Waals surface area (Å²) in [6, 6.07) is 1.36. The lowest BCUT2D eigenvalue weighted by Gasteiger charge is -2.10. The molecule has 1 aromatic rings. The number of hydrogen-bond donors (Lipinski definition) is 1. The Kier molecular flexibility index (Phi) is 3.93. The summed E-state index contributed by atoms with van der Waals surface area (Å²) in [5.41, 5.74) is 0.528. The normalized spacial score (nSPS) is 11.1. The van der Waals surface area contributed by atoms with Gasteiger partial charge in [0.2, 0.25) is 5.88 Å². The van der Waals surface area contributed by atoms with Crippen LogP contribution in [0.15, 0.2) is 12.3 Å². The molecule has 1 heterocycles. The van der Waals surface area contributed by atoms with Gasteiger partial charge in [0.05, 0.1) is 18.5 Å². The fourth-order valence-corrected chi connectivity index (χ4v) is 1.12. The van der Waals surface area contributed by atoms with Gasteiger partial charge in [-0.05, 0) is 19.9 Å². The zero-order valence-corrected chi connectivity index (χ0v) is 9.26. The fraction of sp³-hybridized carbons (Fsp3) is 0.400. The molecule has 1 rings (SSSR count). The number of carbonyl (C=O) groups is 1. The number of amides is 1. The Labute approximate surface area is 95.8 Å². The first-order valence-corrected chi connectivity index (χ1v) is 4.82. The number of ether oxygens (including phenoxy) is 1. The van der Waals surface area contributed by atoms with Crippen molar-refractivity contribution in [3.63, 3.8) is 0 Å². The maximum Gasteiger partial charge on any atom is 0.471 e. The standard InChI is InChI=1S/C10H11F3N2O2/c1-3-17-8-6(2)4-7(5-14-8)15-9(16)10(11,12)13/h4-5H,3H2,1-2H3,(H,15,16). The number of aryl methyl sites for hydroxylation is 1. The van der Waals surface area contributed by atoms with Gasteiger partial charge in [0.1, 0.15) is 0 Å². The third-order valence-corrected chi connectivity index (χ3v) is 1.83. The highest BCUT2D eigenvalue weighted by molar-refractivity contribution is 5.94. The zero-order chi connectivity index (χ0) is 13.1. The van der Waals surface area contributed by atoms with Crippen molar-refractivity contribution < 1.29 is 22.7 Å². The van der Waals surface area contributed by atoms with E-state index in [-0.39, 0.29) is 5.69 Å². The van der Waals surface area contributed by atoms with Crippen LogP contribution in [0.3, 0.4) is 0 Å². The highest BCUT2D eigenvalue weighted by Crippen LogP contribution is 2.21. The van der Waals surface area contributed by atoms with Crippen LogP contribution < -0.4 is 10.1 Å². The van der Waals surface area contributed by atoms with Gasteiger partial charge in [-0.2, -0.15) is 13.2 Å². The van der Waals surface area contributed by atoms with Gasteiger partial charge >= 0.3 is 12.1 Å². The van der Waals surface area contributed by atoms with E-state index in [1.807, 2.05) is 0 Å². The lowest BCUT2D eigenvalue weighted by Crippen LogP contribution is -2.30. The molecule has 0 saturated carbocycles. The minimum Gasteiger partial charge on any atom is -0.478 e. The van der Waals surface area contributed by atoms with E-state index in [2.05, 4.69) is 4.98 Å². The van der Waals surface area contributed by atoms with E-state index in [0.29, 0.717) is 18.1 Å². The van der Waals surface area contributed by atoms with Crippen LogP contribution in [-0.4, -0.2) is 23.7 Å². The predicted octanol–water partition coefficient (Wildman–Crippen LogP) is 2.29. The molecule has 0 aliphatic carbocycles. The summed E-state index contributed by atoms with van der Waals surface area (Å²) in [5, 5.41) is 1.71. The molecule has 94 valence electrons. The summed E-state index contributed by atoms with van der Waals surface area (Å²) >= 11 is 0. The van der Waals surface area contributed by atoms with Crippen molar-refractivity contribution in [3.8, 4) is 5.88 Å². The largest absolute Gasteiger partial charge is 0.478 e. The summed E-state index contributed by atoms with van der Waals surface area (Å²) < 4.78 is 41.1. The number of nitrogens with zero attached hydrogens (tertiary/aromatic N) is 1. The molecule has 0 unspecified atom stereocenters. The molecule has 1 N–H and O–H groups in total. The van der Waals surface area contributed by atoms with E-state index in [1.54, 1.807) is 19.2 Å². The fourth-order valence-electron chi connectivity index (χ4n) is 1.12. The van der Waals surface area contributed by atoms with Gasteiger partial charge in [0.15, 0.2) is 0 Å². The van der Waals surface area contributed by atoms with E-state index in [0.717, 1.165) is 6.20 Å². The van der Waals surface area contributed by atoms with Crippen molar-refractivity contribution in [3.05, 3.63) is 17.8 Å². The lowest BCUT2D eigenvalue weighted by atomic mass is 10.3. The van der Waals surface area contributed by atoms with Crippen molar-refractivity contribution in [1.29, 1.82) is 0 Å². The molecule has 0 radical (unpaired) electrons. The minimum absolute atomic E-state index is 0.0201. The highest BCUT2D eigenvalue weighted by atomic mass is 19.4. The van der Waals surface area contributed by atoms with E-state index in [9.17, 15) is 18.0 Å². The summed E-state index contributed by atoms with van der Waals surface area (Å²) in [6.45, 7) is 3.80. The second kappa shape index (κ2) is 5.03. The molecular weight excluding hydrogens is 237 g/mol. The molecule has 1 aromatic heterocycles. The maximum absolute atomic E-state index is 12.0. The smallest absolute Gasteiger partial charge is 0.471 e. The summed E-state index contributed by atoms with van der Waals surface area (Å²) in [6.07, 6.45) is -3.80. The number of halogens is 3. The summed E-state index contributed by atoms with van der Waals surface area (Å²) in [4.78, 5) is 14.5. The number of anilines is 1. The van der Waals surface area contributed by atoms with Crippen LogP contribution in [0, 0.1) is 6.92 Å². The molecule has 7 heteroatoms. The Morgan fingerprint density at radius 2 is 2.18 bits per heavy atom. The Morgan fingerprint density at radius 3 is 2.65 bits per heavy atom. The van der Waals surface area contributed by atoms with Crippen molar-refractivity contribution in [2.75, 3.05) is 11.9 Å². The molecule has 0 bridgehead atoms. The lowest BCUT2D eigenvalue weighted by molar-refractivity contribution is -0.167. The third-order valence-electron chi connectivity index (χ3n) is 1.83. The molecule has 4 nitrogen and oxygen atoms in total. The quantitative estimate of drug-likeness (QED) is 0.892. The van der Waals surface area contributed by atoms with Crippen LogP contribution >= 0.6 is 0 Å². The van der Waals surface area contributed by atoms with Gasteiger partial charge in [-0.25, -0.2) is 4.98 Å². The molecule has 0 aromatic carbocycles. The maximum atomic E-state index is 12.0. The topological polar surface area (TPSA) is 51.2 Å². The van der Waals surface area contributed by atoms with Crippen molar-refractivity contribution >= 4 is 11.6 Å². The molecule has 0 spiro atoms.